The van der Waals surface area contributed by atoms with E-state index in [-0.39, 0.29) is 17.8 Å². The van der Waals surface area contributed by atoms with E-state index in [2.05, 4.69) is 19.2 Å². The van der Waals surface area contributed by atoms with Crippen molar-refractivity contribution < 1.29 is 9.18 Å². The molecule has 3 N–H and O–H groups in total. The third-order valence-corrected chi connectivity index (χ3v) is 4.19. The van der Waals surface area contributed by atoms with Crippen LogP contribution in [0.15, 0.2) is 24.3 Å². The number of halogens is 1. The number of nitrogens with one attached hydrogen (secondary N) is 1. The van der Waals surface area contributed by atoms with Crippen LogP contribution in [0.3, 0.4) is 0 Å². The number of carbonyl (C=O) groups excluding carboxylic acids is 1. The van der Waals surface area contributed by atoms with Crippen LogP contribution in [-0.4, -0.2) is 18.5 Å². The van der Waals surface area contributed by atoms with Gasteiger partial charge in [-0.3, -0.25) is 4.79 Å². The summed E-state index contributed by atoms with van der Waals surface area (Å²) in [5.74, 6) is 0.0463. The maximum atomic E-state index is 13.1. The van der Waals surface area contributed by atoms with Gasteiger partial charge in [0.05, 0.1) is 4.88 Å². The molecule has 0 spiro atoms. The van der Waals surface area contributed by atoms with Crippen LogP contribution in [0.1, 0.15) is 29.9 Å². The molecule has 3 nitrogen and oxygen atoms in total. The van der Waals surface area contributed by atoms with Crippen molar-refractivity contribution in [3.8, 4) is 0 Å². The molecule has 0 aliphatic carbocycles. The van der Waals surface area contributed by atoms with Crippen molar-refractivity contribution in [2.75, 3.05) is 6.54 Å². The number of carbonyl (C=O) groups is 1. The molecule has 20 heavy (non-hydrogen) atoms. The van der Waals surface area contributed by atoms with E-state index >= 15 is 0 Å². The van der Waals surface area contributed by atoms with Crippen LogP contribution in [0.4, 0.5) is 4.39 Å². The van der Waals surface area contributed by atoms with Crippen molar-refractivity contribution in [2.24, 2.45) is 11.7 Å². The fraction of sp³-hybridized carbons (Fsp3) is 0.400. The molecule has 1 aromatic heterocycles. The van der Waals surface area contributed by atoms with Gasteiger partial charge < -0.3 is 11.1 Å². The number of nitrogens with two attached hydrogens (primary N) is 1. The molecule has 2 rings (SSSR count). The van der Waals surface area contributed by atoms with Gasteiger partial charge in [0.1, 0.15) is 5.82 Å². The molecule has 0 aliphatic rings. The Morgan fingerprint density at radius 3 is 2.80 bits per heavy atom. The second-order valence-corrected chi connectivity index (χ2v) is 6.41. The summed E-state index contributed by atoms with van der Waals surface area (Å²) in [6.45, 7) is 4.61. The Labute approximate surface area is 122 Å². The molecule has 2 aromatic rings. The van der Waals surface area contributed by atoms with Gasteiger partial charge >= 0.3 is 0 Å². The normalized spacial score (nSPS) is 12.8. The number of benzene rings is 1. The topological polar surface area (TPSA) is 55.1 Å². The summed E-state index contributed by atoms with van der Waals surface area (Å²) in [7, 11) is 0. The second kappa shape index (κ2) is 6.33. The van der Waals surface area contributed by atoms with Crippen LogP contribution in [-0.2, 0) is 0 Å². The van der Waals surface area contributed by atoms with Crippen LogP contribution < -0.4 is 11.1 Å². The lowest BCUT2D eigenvalue weighted by Gasteiger charge is -2.18. The third kappa shape index (κ3) is 3.55. The van der Waals surface area contributed by atoms with Gasteiger partial charge in [-0.05, 0) is 42.0 Å². The Bertz CT molecular complexity index is 609. The minimum Gasteiger partial charge on any atom is -0.347 e. The fourth-order valence-corrected chi connectivity index (χ4v) is 3.11. The predicted octanol–water partition coefficient (Wildman–Crippen LogP) is 3.14. The van der Waals surface area contributed by atoms with Crippen LogP contribution in [0.5, 0.6) is 0 Å². The summed E-state index contributed by atoms with van der Waals surface area (Å²) in [4.78, 5) is 12.8. The first-order chi connectivity index (χ1) is 9.49. The summed E-state index contributed by atoms with van der Waals surface area (Å²) in [5.41, 5.74) is 5.68. The van der Waals surface area contributed by atoms with Gasteiger partial charge in [0.25, 0.3) is 5.91 Å². The Morgan fingerprint density at radius 1 is 1.40 bits per heavy atom. The first kappa shape index (κ1) is 14.9. The minimum atomic E-state index is -0.290. The molecule has 0 saturated heterocycles. The highest BCUT2D eigenvalue weighted by Crippen LogP contribution is 2.26. The van der Waals surface area contributed by atoms with Crippen molar-refractivity contribution >= 4 is 27.3 Å². The van der Waals surface area contributed by atoms with Gasteiger partial charge in [-0.2, -0.15) is 0 Å². The second-order valence-electron chi connectivity index (χ2n) is 5.33. The van der Waals surface area contributed by atoms with Gasteiger partial charge in [0.2, 0.25) is 0 Å². The first-order valence-electron chi connectivity index (χ1n) is 6.69. The van der Waals surface area contributed by atoms with Crippen molar-refractivity contribution in [1.29, 1.82) is 0 Å². The van der Waals surface area contributed by atoms with Crippen LogP contribution >= 0.6 is 11.3 Å². The predicted molar refractivity (Wildman–Crippen MR) is 81.5 cm³/mol. The van der Waals surface area contributed by atoms with E-state index < -0.39 is 0 Å². The zero-order valence-corrected chi connectivity index (χ0v) is 12.5. The average molecular weight is 294 g/mol. The average Bonchev–Trinajstić information content (AvgIpc) is 2.80. The number of hydrogen-bond donors (Lipinski definition) is 2. The van der Waals surface area contributed by atoms with Crippen molar-refractivity contribution in [1.82, 2.24) is 5.32 Å². The van der Waals surface area contributed by atoms with E-state index in [9.17, 15) is 9.18 Å². The number of hydrogen-bond acceptors (Lipinski definition) is 3. The van der Waals surface area contributed by atoms with Crippen LogP contribution in [0, 0.1) is 11.7 Å². The lowest BCUT2D eigenvalue weighted by atomic mass is 10.0. The molecule has 1 unspecified atom stereocenters. The molecule has 0 saturated carbocycles. The summed E-state index contributed by atoms with van der Waals surface area (Å²) in [5, 5.41) is 3.70. The Hall–Kier alpha value is -1.46. The lowest BCUT2D eigenvalue weighted by molar-refractivity contribution is 0.0938. The van der Waals surface area contributed by atoms with E-state index in [1.165, 1.54) is 23.5 Å². The lowest BCUT2D eigenvalue weighted by Crippen LogP contribution is -2.40. The summed E-state index contributed by atoms with van der Waals surface area (Å²) >= 11 is 1.37. The van der Waals surface area contributed by atoms with E-state index in [1.54, 1.807) is 12.1 Å². The Kier molecular flexibility index (Phi) is 4.73. The molecular formula is C15H19FN2OS. The molecular weight excluding hydrogens is 275 g/mol. The largest absolute Gasteiger partial charge is 0.347 e. The minimum absolute atomic E-state index is 0.0237. The summed E-state index contributed by atoms with van der Waals surface area (Å²) in [6, 6.07) is 6.24. The van der Waals surface area contributed by atoms with Crippen molar-refractivity contribution in [3.63, 3.8) is 0 Å². The zero-order valence-electron chi connectivity index (χ0n) is 11.7. The molecule has 0 aliphatic heterocycles. The maximum absolute atomic E-state index is 13.1. The molecule has 1 heterocycles. The first-order valence-corrected chi connectivity index (χ1v) is 7.51. The van der Waals surface area contributed by atoms with Gasteiger partial charge in [-0.25, -0.2) is 4.39 Å². The molecule has 108 valence electrons. The molecule has 1 aromatic carbocycles. The van der Waals surface area contributed by atoms with Gasteiger partial charge in [0, 0.05) is 17.3 Å². The highest BCUT2D eigenvalue weighted by molar-refractivity contribution is 7.20. The van der Waals surface area contributed by atoms with Crippen LogP contribution in [0.25, 0.3) is 10.1 Å². The summed E-state index contributed by atoms with van der Waals surface area (Å²) < 4.78 is 14.0. The highest BCUT2D eigenvalue weighted by Gasteiger charge is 2.16. The van der Waals surface area contributed by atoms with Gasteiger partial charge in [-0.1, -0.05) is 13.8 Å². The fourth-order valence-electron chi connectivity index (χ4n) is 2.17. The Balaban J connectivity index is 2.14. The smallest absolute Gasteiger partial charge is 0.261 e. The van der Waals surface area contributed by atoms with E-state index in [4.69, 9.17) is 5.73 Å². The van der Waals surface area contributed by atoms with Gasteiger partial charge in [0.15, 0.2) is 0 Å². The SMILES string of the molecule is CC(C)CC(CN)NC(=O)c1cc2cc(F)ccc2s1. The Morgan fingerprint density at radius 2 is 2.15 bits per heavy atom. The zero-order chi connectivity index (χ0) is 14.7. The van der Waals surface area contributed by atoms with E-state index in [0.29, 0.717) is 17.3 Å². The van der Waals surface area contributed by atoms with Crippen molar-refractivity contribution in [2.45, 2.75) is 26.3 Å². The summed E-state index contributed by atoms with van der Waals surface area (Å²) in [6.07, 6.45) is 0.849. The number of thiophene rings is 1. The molecule has 0 fully saturated rings. The van der Waals surface area contributed by atoms with Gasteiger partial charge in [-0.15, -0.1) is 11.3 Å². The number of amides is 1. The monoisotopic (exact) mass is 294 g/mol. The molecule has 1 atom stereocenters. The van der Waals surface area contributed by atoms with E-state index in [0.717, 1.165) is 16.5 Å². The quantitative estimate of drug-likeness (QED) is 0.890. The highest BCUT2D eigenvalue weighted by atomic mass is 32.1. The standard InChI is InChI=1S/C15H19FN2OS/c1-9(2)5-12(8-17)18-15(19)14-7-10-6-11(16)3-4-13(10)20-14/h3-4,6-7,9,12H,5,8,17H2,1-2H3,(H,18,19). The molecule has 5 heteroatoms. The van der Waals surface area contributed by atoms with E-state index in [1.807, 2.05) is 0 Å². The molecule has 0 radical (unpaired) electrons. The van der Waals surface area contributed by atoms with Crippen molar-refractivity contribution in [3.05, 3.63) is 35.0 Å². The third-order valence-electron chi connectivity index (χ3n) is 3.08. The molecule has 1 amide bonds. The number of fused-ring (bicyclic) bond motifs is 1. The maximum Gasteiger partial charge on any atom is 0.261 e. The molecule has 0 bridgehead atoms. The van der Waals surface area contributed by atoms with Crippen LogP contribution in [0.2, 0.25) is 0 Å². The number of rotatable bonds is 5.